The smallest absolute Gasteiger partial charge is 0.154 e. The van der Waals surface area contributed by atoms with Gasteiger partial charge in [-0.15, -0.1) is 0 Å². The Bertz CT molecular complexity index is 265. The first-order valence-corrected chi connectivity index (χ1v) is 3.43. The summed E-state index contributed by atoms with van der Waals surface area (Å²) in [5, 5.41) is 0. The largest absolute Gasteiger partial charge is 0.464 e. The summed E-state index contributed by atoms with van der Waals surface area (Å²) < 4.78 is 5.16. The maximum Gasteiger partial charge on any atom is 0.154 e. The van der Waals surface area contributed by atoms with E-state index in [4.69, 9.17) is 10.2 Å². The highest BCUT2D eigenvalue weighted by atomic mass is 16.3. The predicted molar refractivity (Wildman–Crippen MR) is 41.1 cm³/mol. The van der Waals surface area contributed by atoms with Gasteiger partial charge in [0.15, 0.2) is 5.78 Å². The van der Waals surface area contributed by atoms with Crippen molar-refractivity contribution in [2.75, 3.05) is 0 Å². The molecule has 1 rings (SSSR count). The normalized spacial score (nSPS) is 13.0. The minimum Gasteiger partial charge on any atom is -0.464 e. The van der Waals surface area contributed by atoms with E-state index in [1.807, 2.05) is 6.92 Å². The molecule has 0 spiro atoms. The molecule has 1 unspecified atom stereocenters. The molecule has 3 nitrogen and oxygen atoms in total. The Hall–Kier alpha value is -1.09. The van der Waals surface area contributed by atoms with Crippen molar-refractivity contribution >= 4 is 5.78 Å². The van der Waals surface area contributed by atoms with Gasteiger partial charge >= 0.3 is 0 Å². The van der Waals surface area contributed by atoms with E-state index in [1.54, 1.807) is 12.1 Å². The Labute approximate surface area is 65.2 Å². The van der Waals surface area contributed by atoms with Gasteiger partial charge in [0, 0.05) is 0 Å². The summed E-state index contributed by atoms with van der Waals surface area (Å²) in [6.07, 6.45) is 0. The fraction of sp³-hybridized carbons (Fsp3) is 0.375. The first-order valence-electron chi connectivity index (χ1n) is 3.43. The van der Waals surface area contributed by atoms with Gasteiger partial charge in [0.25, 0.3) is 0 Å². The number of carbonyl (C=O) groups excluding carboxylic acids is 1. The van der Waals surface area contributed by atoms with Crippen LogP contribution in [0.1, 0.15) is 24.5 Å². The van der Waals surface area contributed by atoms with Crippen LogP contribution in [0.2, 0.25) is 0 Å². The lowest BCUT2D eigenvalue weighted by Gasteiger charge is -2.01. The lowest BCUT2D eigenvalue weighted by molar-refractivity contribution is -0.118. The van der Waals surface area contributed by atoms with E-state index in [9.17, 15) is 4.79 Å². The molecule has 0 fully saturated rings. The zero-order valence-electron chi connectivity index (χ0n) is 6.63. The fourth-order valence-electron chi connectivity index (χ4n) is 0.821. The lowest BCUT2D eigenvalue weighted by Crippen LogP contribution is -2.17. The number of Topliss-reactive ketones (excluding diaryl/α,β-unsaturated/α-hetero) is 1. The van der Waals surface area contributed by atoms with Crippen molar-refractivity contribution in [1.82, 2.24) is 0 Å². The van der Waals surface area contributed by atoms with Crippen LogP contribution in [0.5, 0.6) is 0 Å². The van der Waals surface area contributed by atoms with Crippen molar-refractivity contribution < 1.29 is 9.21 Å². The molecule has 11 heavy (non-hydrogen) atoms. The molecular formula is C8H11NO2. The average molecular weight is 153 g/mol. The number of ketones is 1. The zero-order valence-corrected chi connectivity index (χ0v) is 6.63. The number of hydrogen-bond acceptors (Lipinski definition) is 3. The summed E-state index contributed by atoms with van der Waals surface area (Å²) in [5.41, 5.74) is 5.51. The van der Waals surface area contributed by atoms with E-state index < -0.39 is 6.04 Å². The number of aryl methyl sites for hydroxylation is 1. The minimum absolute atomic E-state index is 0.0839. The Morgan fingerprint density at radius 1 is 1.64 bits per heavy atom. The summed E-state index contributed by atoms with van der Waals surface area (Å²) in [6, 6.07) is 2.91. The highest BCUT2D eigenvalue weighted by molar-refractivity contribution is 5.81. The molecule has 3 heteroatoms. The second-order valence-corrected chi connectivity index (χ2v) is 2.54. The summed E-state index contributed by atoms with van der Waals surface area (Å²) in [7, 11) is 0. The van der Waals surface area contributed by atoms with Gasteiger partial charge in [-0.2, -0.15) is 0 Å². The van der Waals surface area contributed by atoms with Gasteiger partial charge in [0.1, 0.15) is 17.6 Å². The monoisotopic (exact) mass is 153 g/mol. The summed E-state index contributed by atoms with van der Waals surface area (Å²) in [5.74, 6) is 1.23. The molecule has 1 atom stereocenters. The van der Waals surface area contributed by atoms with Crippen LogP contribution in [-0.4, -0.2) is 5.78 Å². The zero-order chi connectivity index (χ0) is 8.43. The Morgan fingerprint density at radius 2 is 2.27 bits per heavy atom. The maximum atomic E-state index is 10.8. The molecule has 0 bridgehead atoms. The Balaban J connectivity index is 2.84. The van der Waals surface area contributed by atoms with Gasteiger partial charge < -0.3 is 10.2 Å². The first-order chi connectivity index (χ1) is 5.11. The highest BCUT2D eigenvalue weighted by Crippen LogP contribution is 2.14. The topological polar surface area (TPSA) is 56.2 Å². The predicted octanol–water partition coefficient (Wildman–Crippen LogP) is 1.18. The van der Waals surface area contributed by atoms with E-state index in [2.05, 4.69) is 0 Å². The SMILES string of the molecule is CC(=O)C(N)c1ccc(C)o1. The second-order valence-electron chi connectivity index (χ2n) is 2.54. The molecule has 1 aromatic rings. The molecule has 0 aromatic carbocycles. The number of carbonyl (C=O) groups is 1. The molecule has 0 saturated carbocycles. The van der Waals surface area contributed by atoms with Gasteiger partial charge in [0.05, 0.1) is 0 Å². The number of rotatable bonds is 2. The van der Waals surface area contributed by atoms with Crippen molar-refractivity contribution in [1.29, 1.82) is 0 Å². The third-order valence-electron chi connectivity index (χ3n) is 1.51. The molecule has 0 aliphatic rings. The molecule has 2 N–H and O–H groups in total. The number of hydrogen-bond donors (Lipinski definition) is 1. The molecule has 60 valence electrons. The van der Waals surface area contributed by atoms with Crippen LogP contribution in [0.15, 0.2) is 16.5 Å². The van der Waals surface area contributed by atoms with E-state index in [-0.39, 0.29) is 5.78 Å². The Morgan fingerprint density at radius 3 is 2.64 bits per heavy atom. The molecule has 0 amide bonds. The summed E-state index contributed by atoms with van der Waals surface area (Å²) in [4.78, 5) is 10.8. The maximum absolute atomic E-state index is 10.8. The van der Waals surface area contributed by atoms with Gasteiger partial charge in [-0.05, 0) is 26.0 Å². The molecule has 0 aliphatic carbocycles. The van der Waals surface area contributed by atoms with Crippen molar-refractivity contribution in [3.8, 4) is 0 Å². The quantitative estimate of drug-likeness (QED) is 0.694. The third-order valence-corrected chi connectivity index (χ3v) is 1.51. The van der Waals surface area contributed by atoms with Gasteiger partial charge in [0.2, 0.25) is 0 Å². The van der Waals surface area contributed by atoms with Gasteiger partial charge in [-0.3, -0.25) is 4.79 Å². The van der Waals surface area contributed by atoms with E-state index >= 15 is 0 Å². The highest BCUT2D eigenvalue weighted by Gasteiger charge is 2.13. The van der Waals surface area contributed by atoms with Crippen LogP contribution in [0.4, 0.5) is 0 Å². The van der Waals surface area contributed by atoms with Crippen molar-refractivity contribution in [3.63, 3.8) is 0 Å². The van der Waals surface area contributed by atoms with Crippen molar-refractivity contribution in [2.45, 2.75) is 19.9 Å². The molecular weight excluding hydrogens is 142 g/mol. The fourth-order valence-corrected chi connectivity index (χ4v) is 0.821. The molecule has 0 saturated heterocycles. The Kier molecular flexibility index (Phi) is 2.10. The first kappa shape index (κ1) is 8.01. The van der Waals surface area contributed by atoms with E-state index in [0.29, 0.717) is 5.76 Å². The van der Waals surface area contributed by atoms with Crippen LogP contribution in [0.3, 0.4) is 0 Å². The van der Waals surface area contributed by atoms with E-state index in [1.165, 1.54) is 6.92 Å². The van der Waals surface area contributed by atoms with Gasteiger partial charge in [-0.1, -0.05) is 0 Å². The standard InChI is InChI=1S/C8H11NO2/c1-5-3-4-7(11-5)8(9)6(2)10/h3-4,8H,9H2,1-2H3. The molecule has 1 heterocycles. The minimum atomic E-state index is -0.608. The second kappa shape index (κ2) is 2.88. The number of nitrogens with two attached hydrogens (primary N) is 1. The average Bonchev–Trinajstić information content (AvgIpc) is 2.34. The molecule has 1 aromatic heterocycles. The van der Waals surface area contributed by atoms with Crippen LogP contribution in [0, 0.1) is 6.92 Å². The van der Waals surface area contributed by atoms with Crippen molar-refractivity contribution in [2.24, 2.45) is 5.73 Å². The number of furan rings is 1. The van der Waals surface area contributed by atoms with Crippen LogP contribution in [0.25, 0.3) is 0 Å². The van der Waals surface area contributed by atoms with Crippen molar-refractivity contribution in [3.05, 3.63) is 23.7 Å². The molecule has 0 aliphatic heterocycles. The molecule has 0 radical (unpaired) electrons. The summed E-state index contributed by atoms with van der Waals surface area (Å²) >= 11 is 0. The van der Waals surface area contributed by atoms with Crippen LogP contribution < -0.4 is 5.73 Å². The van der Waals surface area contributed by atoms with E-state index in [0.717, 1.165) is 5.76 Å². The third kappa shape index (κ3) is 1.68. The van der Waals surface area contributed by atoms with Gasteiger partial charge in [-0.25, -0.2) is 0 Å². The van der Waals surface area contributed by atoms with Crippen LogP contribution in [-0.2, 0) is 4.79 Å². The van der Waals surface area contributed by atoms with Crippen LogP contribution >= 0.6 is 0 Å². The lowest BCUT2D eigenvalue weighted by atomic mass is 10.2. The summed E-state index contributed by atoms with van der Waals surface area (Å²) in [6.45, 7) is 3.26.